The highest BCUT2D eigenvalue weighted by atomic mass is 127. The third kappa shape index (κ3) is 7.53. The number of aliphatic imine (C=N–C) groups is 1. The maximum atomic E-state index is 5.95. The van der Waals surface area contributed by atoms with Crippen LogP contribution in [0.15, 0.2) is 29.3 Å². The van der Waals surface area contributed by atoms with Crippen LogP contribution in [-0.2, 0) is 24.3 Å². The summed E-state index contributed by atoms with van der Waals surface area (Å²) in [6.07, 6.45) is 1.80. The van der Waals surface area contributed by atoms with Crippen LogP contribution in [0.4, 0.5) is 0 Å². The molecule has 0 aliphatic carbocycles. The first kappa shape index (κ1) is 25.2. The van der Waals surface area contributed by atoms with E-state index in [4.69, 9.17) is 19.2 Å². The molecule has 0 radical (unpaired) electrons. The molecular weight excluding hydrogens is 511 g/mol. The molecule has 0 bridgehead atoms. The third-order valence-corrected chi connectivity index (χ3v) is 4.76. The largest absolute Gasteiger partial charge is 0.497 e. The lowest BCUT2D eigenvalue weighted by Crippen LogP contribution is -2.47. The van der Waals surface area contributed by atoms with E-state index >= 15 is 0 Å². The summed E-state index contributed by atoms with van der Waals surface area (Å²) in [6.45, 7) is 6.60. The van der Waals surface area contributed by atoms with Crippen molar-refractivity contribution in [1.29, 1.82) is 0 Å². The highest BCUT2D eigenvalue weighted by Crippen LogP contribution is 2.18. The van der Waals surface area contributed by atoms with Crippen molar-refractivity contribution in [2.75, 3.05) is 27.3 Å². The molecule has 0 spiro atoms. The van der Waals surface area contributed by atoms with Crippen molar-refractivity contribution in [3.8, 4) is 11.5 Å². The summed E-state index contributed by atoms with van der Waals surface area (Å²) in [5.41, 5.74) is 0. The van der Waals surface area contributed by atoms with E-state index in [9.17, 15) is 0 Å². The number of hydrogen-bond acceptors (Lipinski definition) is 6. The minimum absolute atomic E-state index is 0. The first-order chi connectivity index (χ1) is 14.6. The van der Waals surface area contributed by atoms with Gasteiger partial charge in [-0.2, -0.15) is 5.10 Å². The fourth-order valence-electron chi connectivity index (χ4n) is 3.33. The highest BCUT2D eigenvalue weighted by Gasteiger charge is 2.22. The molecule has 3 rings (SSSR count). The Hall–Kier alpha value is -2.08. The normalized spacial score (nSPS) is 16.6. The van der Waals surface area contributed by atoms with Crippen LogP contribution in [0.1, 0.15) is 31.9 Å². The molecular formula is C21H33IN6O3. The van der Waals surface area contributed by atoms with Gasteiger partial charge in [0.25, 0.3) is 0 Å². The first-order valence-corrected chi connectivity index (χ1v) is 10.4. The van der Waals surface area contributed by atoms with Crippen molar-refractivity contribution in [2.45, 2.75) is 52.0 Å². The second kappa shape index (κ2) is 12.7. The fraction of sp³-hybridized carbons (Fsp3) is 0.571. The zero-order valence-corrected chi connectivity index (χ0v) is 21.0. The van der Waals surface area contributed by atoms with E-state index in [2.05, 4.69) is 27.6 Å². The quantitative estimate of drug-likeness (QED) is 0.285. The Bertz CT molecular complexity index is 827. The number of nitrogens with zero attached hydrogens (tertiary/aromatic N) is 4. The summed E-state index contributed by atoms with van der Waals surface area (Å²) in [6, 6.07) is 7.81. The molecule has 0 saturated carbocycles. The molecule has 1 aliphatic rings. The minimum Gasteiger partial charge on any atom is -0.497 e. The molecule has 9 nitrogen and oxygen atoms in total. The Labute approximate surface area is 201 Å². The van der Waals surface area contributed by atoms with Gasteiger partial charge in [-0.25, -0.2) is 14.7 Å². The average molecular weight is 544 g/mol. The zero-order valence-electron chi connectivity index (χ0n) is 18.6. The molecule has 2 atom stereocenters. The van der Waals surface area contributed by atoms with Gasteiger partial charge in [0.2, 0.25) is 0 Å². The van der Waals surface area contributed by atoms with Gasteiger partial charge < -0.3 is 24.8 Å². The van der Waals surface area contributed by atoms with Gasteiger partial charge in [0.05, 0.1) is 20.2 Å². The monoisotopic (exact) mass is 544 g/mol. The van der Waals surface area contributed by atoms with Gasteiger partial charge in [0.1, 0.15) is 30.0 Å². The Balaban J connectivity index is 0.00000341. The molecule has 172 valence electrons. The van der Waals surface area contributed by atoms with Crippen LogP contribution in [0, 0.1) is 0 Å². The first-order valence-electron chi connectivity index (χ1n) is 10.4. The van der Waals surface area contributed by atoms with Crippen LogP contribution < -0.4 is 20.1 Å². The lowest BCUT2D eigenvalue weighted by atomic mass is 10.1. The van der Waals surface area contributed by atoms with Gasteiger partial charge in [-0.1, -0.05) is 0 Å². The van der Waals surface area contributed by atoms with Crippen molar-refractivity contribution < 1.29 is 14.2 Å². The number of rotatable bonds is 9. The minimum atomic E-state index is -0.0567. The number of nitrogens with one attached hydrogen (secondary N) is 2. The Kier molecular flexibility index (Phi) is 10.3. The molecule has 2 heterocycles. The summed E-state index contributed by atoms with van der Waals surface area (Å²) >= 11 is 0. The SMILES string of the molecule is CCNC(=NCC(C)Oc1ccc(OC)cc1)NC1CCc2nc(COC)nn2C1.I. The van der Waals surface area contributed by atoms with E-state index in [0.29, 0.717) is 13.2 Å². The number of benzene rings is 1. The van der Waals surface area contributed by atoms with Gasteiger partial charge in [-0.15, -0.1) is 24.0 Å². The van der Waals surface area contributed by atoms with Crippen LogP contribution in [0.2, 0.25) is 0 Å². The van der Waals surface area contributed by atoms with Crippen molar-refractivity contribution in [1.82, 2.24) is 25.4 Å². The predicted octanol–water partition coefficient (Wildman–Crippen LogP) is 2.39. The molecule has 1 aromatic carbocycles. The number of halogens is 1. The number of fused-ring (bicyclic) bond motifs is 1. The van der Waals surface area contributed by atoms with E-state index < -0.39 is 0 Å². The molecule has 2 N–H and O–H groups in total. The van der Waals surface area contributed by atoms with Gasteiger partial charge in [-0.3, -0.25) is 0 Å². The number of guanidine groups is 1. The zero-order chi connectivity index (χ0) is 21.3. The van der Waals surface area contributed by atoms with Gasteiger partial charge in [-0.05, 0) is 44.5 Å². The molecule has 2 unspecified atom stereocenters. The maximum Gasteiger partial charge on any atom is 0.191 e. The van der Waals surface area contributed by atoms with E-state index in [1.807, 2.05) is 35.9 Å². The smallest absolute Gasteiger partial charge is 0.191 e. The third-order valence-electron chi connectivity index (χ3n) is 4.76. The van der Waals surface area contributed by atoms with E-state index in [1.54, 1.807) is 14.2 Å². The van der Waals surface area contributed by atoms with Crippen molar-refractivity contribution in [3.63, 3.8) is 0 Å². The van der Waals surface area contributed by atoms with E-state index in [-0.39, 0.29) is 36.1 Å². The number of hydrogen-bond donors (Lipinski definition) is 2. The van der Waals surface area contributed by atoms with E-state index in [1.165, 1.54) is 0 Å². The lowest BCUT2D eigenvalue weighted by molar-refractivity contribution is 0.177. The Morgan fingerprint density at radius 2 is 2.00 bits per heavy atom. The summed E-state index contributed by atoms with van der Waals surface area (Å²) in [4.78, 5) is 9.24. The van der Waals surface area contributed by atoms with Crippen LogP contribution in [0.25, 0.3) is 0 Å². The van der Waals surface area contributed by atoms with Gasteiger partial charge >= 0.3 is 0 Å². The number of ether oxygens (including phenoxy) is 3. The summed E-state index contributed by atoms with van der Waals surface area (Å²) < 4.78 is 18.2. The van der Waals surface area contributed by atoms with E-state index in [0.717, 1.165) is 55.0 Å². The topological polar surface area (TPSA) is 94.8 Å². The van der Waals surface area contributed by atoms with Crippen molar-refractivity contribution in [2.24, 2.45) is 4.99 Å². The van der Waals surface area contributed by atoms with Crippen LogP contribution in [0.5, 0.6) is 11.5 Å². The summed E-state index contributed by atoms with van der Waals surface area (Å²) in [7, 11) is 3.31. The standard InChI is InChI=1S/C21H32N6O3.HI/c1-5-22-21(23-12-15(2)30-18-9-7-17(29-4)8-10-18)24-16-6-11-20-25-19(14-28-3)26-27(20)13-16;/h7-10,15-16H,5-6,11-14H2,1-4H3,(H2,22,23,24);1H. The number of methoxy groups -OCH3 is 2. The fourth-order valence-corrected chi connectivity index (χ4v) is 3.33. The molecule has 0 saturated heterocycles. The van der Waals surface area contributed by atoms with Gasteiger partial charge in [0.15, 0.2) is 11.8 Å². The Morgan fingerprint density at radius 3 is 2.68 bits per heavy atom. The molecule has 0 amide bonds. The average Bonchev–Trinajstić information content (AvgIpc) is 3.15. The Morgan fingerprint density at radius 1 is 1.26 bits per heavy atom. The van der Waals surface area contributed by atoms with Crippen molar-refractivity contribution in [3.05, 3.63) is 35.9 Å². The second-order valence-electron chi connectivity index (χ2n) is 7.26. The summed E-state index contributed by atoms with van der Waals surface area (Å²) in [5, 5.41) is 11.4. The molecule has 31 heavy (non-hydrogen) atoms. The second-order valence-corrected chi connectivity index (χ2v) is 7.26. The molecule has 0 fully saturated rings. The predicted molar refractivity (Wildman–Crippen MR) is 130 cm³/mol. The van der Waals surface area contributed by atoms with Crippen molar-refractivity contribution >= 4 is 29.9 Å². The lowest BCUT2D eigenvalue weighted by Gasteiger charge is -2.25. The van der Waals surface area contributed by atoms with Crippen LogP contribution in [-0.4, -0.2) is 60.2 Å². The molecule has 2 aromatic rings. The van der Waals surface area contributed by atoms with Crippen LogP contribution in [0.3, 0.4) is 0 Å². The molecule has 1 aliphatic heterocycles. The van der Waals surface area contributed by atoms with Gasteiger partial charge in [0, 0.05) is 26.1 Å². The highest BCUT2D eigenvalue weighted by molar-refractivity contribution is 14.0. The number of aromatic nitrogens is 3. The van der Waals surface area contributed by atoms with Crippen LogP contribution >= 0.6 is 24.0 Å². The molecule has 10 heteroatoms. The molecule has 1 aromatic heterocycles. The maximum absolute atomic E-state index is 5.95. The summed E-state index contributed by atoms with van der Waals surface area (Å²) in [5.74, 6) is 4.15. The number of aryl methyl sites for hydroxylation is 1.